The van der Waals surface area contributed by atoms with Crippen molar-refractivity contribution in [3.8, 4) is 6.19 Å². The molecule has 0 amide bonds. The highest BCUT2D eigenvalue weighted by Gasteiger charge is 1.90. The summed E-state index contributed by atoms with van der Waals surface area (Å²) in [7, 11) is 0. The summed E-state index contributed by atoms with van der Waals surface area (Å²) < 4.78 is 0. The summed E-state index contributed by atoms with van der Waals surface area (Å²) in [6.45, 7) is 2.95. The third kappa shape index (κ3) is 14.6. The van der Waals surface area contributed by atoms with E-state index in [-0.39, 0.29) is 5.96 Å². The number of nitrogens with two attached hydrogens (primary N) is 1. The van der Waals surface area contributed by atoms with Gasteiger partial charge in [-0.15, -0.1) is 0 Å². The SMILES string of the molecule is CCCCCC/C=C/CCCCCCN=C(N)NC#N. The summed E-state index contributed by atoms with van der Waals surface area (Å²) in [6, 6.07) is 0. The molecular weight excluding hydrogens is 248 g/mol. The minimum Gasteiger partial charge on any atom is -0.369 e. The molecule has 0 aliphatic rings. The zero-order valence-electron chi connectivity index (χ0n) is 12.9. The lowest BCUT2D eigenvalue weighted by molar-refractivity contribution is 0.650. The Morgan fingerprint density at radius 2 is 1.65 bits per heavy atom. The molecule has 0 aromatic heterocycles. The van der Waals surface area contributed by atoms with Gasteiger partial charge in [-0.1, -0.05) is 51.2 Å². The summed E-state index contributed by atoms with van der Waals surface area (Å²) in [5.74, 6) is 0.221. The number of hydrogen-bond donors (Lipinski definition) is 2. The van der Waals surface area contributed by atoms with Gasteiger partial charge in [0.2, 0.25) is 5.96 Å². The zero-order valence-corrected chi connectivity index (χ0v) is 12.9. The van der Waals surface area contributed by atoms with E-state index in [0.29, 0.717) is 6.54 Å². The molecule has 3 N–H and O–H groups in total. The van der Waals surface area contributed by atoms with Gasteiger partial charge in [0.05, 0.1) is 0 Å². The van der Waals surface area contributed by atoms with Crippen molar-refractivity contribution in [2.24, 2.45) is 10.7 Å². The second-order valence-electron chi connectivity index (χ2n) is 5.03. The van der Waals surface area contributed by atoms with Gasteiger partial charge in [0.1, 0.15) is 0 Å². The highest BCUT2D eigenvalue weighted by atomic mass is 15.1. The predicted octanol–water partition coefficient (Wildman–Crippen LogP) is 3.85. The molecule has 0 rings (SSSR count). The van der Waals surface area contributed by atoms with Crippen LogP contribution in [0.25, 0.3) is 0 Å². The number of aliphatic imine (C=N–C) groups is 1. The van der Waals surface area contributed by atoms with Gasteiger partial charge >= 0.3 is 0 Å². The molecule has 4 heteroatoms. The van der Waals surface area contributed by atoms with Crippen LogP contribution in [0.4, 0.5) is 0 Å². The van der Waals surface area contributed by atoms with Crippen LogP contribution in [-0.4, -0.2) is 12.5 Å². The van der Waals surface area contributed by atoms with Crippen molar-refractivity contribution in [2.45, 2.75) is 71.1 Å². The number of allylic oxidation sites excluding steroid dienone is 2. The van der Waals surface area contributed by atoms with Crippen molar-refractivity contribution < 1.29 is 0 Å². The topological polar surface area (TPSA) is 74.2 Å². The quantitative estimate of drug-likeness (QED) is 0.142. The second-order valence-corrected chi connectivity index (χ2v) is 5.03. The van der Waals surface area contributed by atoms with Crippen LogP contribution in [0.2, 0.25) is 0 Å². The number of hydrogen-bond acceptors (Lipinski definition) is 2. The van der Waals surface area contributed by atoms with Gasteiger partial charge in [-0.2, -0.15) is 5.26 Å². The van der Waals surface area contributed by atoms with Gasteiger partial charge in [-0.25, -0.2) is 0 Å². The molecule has 0 aliphatic heterocycles. The third-order valence-corrected chi connectivity index (χ3v) is 3.14. The van der Waals surface area contributed by atoms with Crippen molar-refractivity contribution in [1.29, 1.82) is 5.26 Å². The van der Waals surface area contributed by atoms with Crippen LogP contribution in [0, 0.1) is 11.5 Å². The largest absolute Gasteiger partial charge is 0.369 e. The summed E-state index contributed by atoms with van der Waals surface area (Å²) in [5.41, 5.74) is 5.43. The lowest BCUT2D eigenvalue weighted by Crippen LogP contribution is -2.27. The molecule has 0 atom stereocenters. The van der Waals surface area contributed by atoms with E-state index in [2.05, 4.69) is 29.4 Å². The molecule has 0 unspecified atom stereocenters. The summed E-state index contributed by atoms with van der Waals surface area (Å²) >= 11 is 0. The standard InChI is InChI=1S/C16H30N4/c1-2-3-4-5-6-7-8-9-10-11-12-13-14-19-16(18)20-15-17/h7-8H,2-6,9-14H2,1H3,(H3,18,19,20)/b8-7+. The number of nitrogens with zero attached hydrogens (tertiary/aromatic N) is 2. The molecule has 0 saturated heterocycles. The monoisotopic (exact) mass is 278 g/mol. The van der Waals surface area contributed by atoms with E-state index in [9.17, 15) is 0 Å². The van der Waals surface area contributed by atoms with Crippen LogP contribution in [0.3, 0.4) is 0 Å². The van der Waals surface area contributed by atoms with Crippen molar-refractivity contribution in [3.05, 3.63) is 12.2 Å². The molecule has 0 bridgehead atoms. The molecule has 4 nitrogen and oxygen atoms in total. The number of nitriles is 1. The van der Waals surface area contributed by atoms with Crippen molar-refractivity contribution >= 4 is 5.96 Å². The van der Waals surface area contributed by atoms with Crippen LogP contribution in [0.1, 0.15) is 71.1 Å². The number of unbranched alkanes of at least 4 members (excludes halogenated alkanes) is 8. The van der Waals surface area contributed by atoms with Gasteiger partial charge in [0.25, 0.3) is 0 Å². The molecule has 0 aliphatic carbocycles. The minimum absolute atomic E-state index is 0.221. The fourth-order valence-corrected chi connectivity index (χ4v) is 1.95. The molecular formula is C16H30N4. The van der Waals surface area contributed by atoms with E-state index < -0.39 is 0 Å². The highest BCUT2D eigenvalue weighted by molar-refractivity contribution is 5.79. The zero-order chi connectivity index (χ0) is 14.9. The van der Waals surface area contributed by atoms with E-state index >= 15 is 0 Å². The Morgan fingerprint density at radius 1 is 1.05 bits per heavy atom. The Labute approximate surface area is 124 Å². The first kappa shape index (κ1) is 18.5. The van der Waals surface area contributed by atoms with E-state index in [1.807, 2.05) is 0 Å². The summed E-state index contributed by atoms with van der Waals surface area (Å²) in [4.78, 5) is 4.04. The second kappa shape index (κ2) is 15.6. The lowest BCUT2D eigenvalue weighted by atomic mass is 10.1. The van der Waals surface area contributed by atoms with Crippen molar-refractivity contribution in [1.82, 2.24) is 5.32 Å². The van der Waals surface area contributed by atoms with Crippen molar-refractivity contribution in [3.63, 3.8) is 0 Å². The van der Waals surface area contributed by atoms with E-state index in [4.69, 9.17) is 11.0 Å². The lowest BCUT2D eigenvalue weighted by Gasteiger charge is -1.99. The molecule has 20 heavy (non-hydrogen) atoms. The molecule has 0 radical (unpaired) electrons. The average Bonchev–Trinajstić information content (AvgIpc) is 2.44. The molecule has 0 aromatic rings. The van der Waals surface area contributed by atoms with Crippen LogP contribution in [-0.2, 0) is 0 Å². The highest BCUT2D eigenvalue weighted by Crippen LogP contribution is 2.06. The van der Waals surface area contributed by atoms with Crippen molar-refractivity contribution in [2.75, 3.05) is 6.54 Å². The van der Waals surface area contributed by atoms with Crippen LogP contribution in [0.15, 0.2) is 17.1 Å². The first-order chi connectivity index (χ1) is 9.81. The average molecular weight is 278 g/mol. The summed E-state index contributed by atoms with van der Waals surface area (Å²) in [5, 5.41) is 10.6. The Hall–Kier alpha value is -1.50. The maximum absolute atomic E-state index is 8.31. The van der Waals surface area contributed by atoms with E-state index in [1.54, 1.807) is 6.19 Å². The van der Waals surface area contributed by atoms with Gasteiger partial charge < -0.3 is 5.73 Å². The van der Waals surface area contributed by atoms with E-state index in [0.717, 1.165) is 6.42 Å². The Balaban J connectivity index is 3.22. The van der Waals surface area contributed by atoms with Gasteiger partial charge in [-0.05, 0) is 32.1 Å². The van der Waals surface area contributed by atoms with Gasteiger partial charge in [-0.3, -0.25) is 10.3 Å². The predicted molar refractivity (Wildman–Crippen MR) is 86.2 cm³/mol. The van der Waals surface area contributed by atoms with E-state index in [1.165, 1.54) is 57.8 Å². The first-order valence-electron chi connectivity index (χ1n) is 7.91. The maximum Gasteiger partial charge on any atom is 0.202 e. The number of rotatable bonds is 12. The minimum atomic E-state index is 0.221. The molecule has 0 heterocycles. The van der Waals surface area contributed by atoms with Crippen LogP contribution < -0.4 is 11.1 Å². The third-order valence-electron chi connectivity index (χ3n) is 3.14. The Kier molecular flexibility index (Phi) is 14.4. The maximum atomic E-state index is 8.31. The number of guanidine groups is 1. The molecule has 0 saturated carbocycles. The van der Waals surface area contributed by atoms with Gasteiger partial charge in [0, 0.05) is 6.54 Å². The Morgan fingerprint density at radius 3 is 2.25 bits per heavy atom. The normalized spacial score (nSPS) is 11.7. The molecule has 0 spiro atoms. The smallest absolute Gasteiger partial charge is 0.202 e. The molecule has 0 fully saturated rings. The van der Waals surface area contributed by atoms with Crippen LogP contribution >= 0.6 is 0 Å². The molecule has 114 valence electrons. The Bertz CT molecular complexity index is 302. The fraction of sp³-hybridized carbons (Fsp3) is 0.750. The van der Waals surface area contributed by atoms with Gasteiger partial charge in [0.15, 0.2) is 6.19 Å². The summed E-state index contributed by atoms with van der Waals surface area (Å²) in [6.07, 6.45) is 18.9. The first-order valence-corrected chi connectivity index (χ1v) is 7.91. The van der Waals surface area contributed by atoms with Crippen LogP contribution in [0.5, 0.6) is 0 Å². The fourth-order valence-electron chi connectivity index (χ4n) is 1.95. The number of nitrogens with one attached hydrogen (secondary N) is 1. The molecule has 0 aromatic carbocycles.